The van der Waals surface area contributed by atoms with Crippen LogP contribution >= 0.6 is 0 Å². The Balaban J connectivity index is 1.72. The van der Waals surface area contributed by atoms with Crippen LogP contribution in [-0.2, 0) is 16.1 Å². The van der Waals surface area contributed by atoms with Crippen LogP contribution in [0.25, 0.3) is 22.4 Å². The number of anilines is 1. The third kappa shape index (κ3) is 6.02. The van der Waals surface area contributed by atoms with Gasteiger partial charge in [-0.2, -0.15) is 0 Å². The number of nitrogens with zero attached hydrogens (tertiary/aromatic N) is 1. The highest BCUT2D eigenvalue weighted by Gasteiger charge is 2.32. The van der Waals surface area contributed by atoms with Gasteiger partial charge in [0, 0.05) is 30.6 Å². The minimum Gasteiger partial charge on any atom is -0.506 e. The van der Waals surface area contributed by atoms with Crippen molar-refractivity contribution in [1.82, 2.24) is 4.57 Å². The van der Waals surface area contributed by atoms with E-state index in [9.17, 15) is 24.2 Å². The molecule has 7 nitrogen and oxygen atoms in total. The second-order valence-corrected chi connectivity index (χ2v) is 10.6. The highest BCUT2D eigenvalue weighted by Crippen LogP contribution is 2.43. The summed E-state index contributed by atoms with van der Waals surface area (Å²) in [6.07, 6.45) is -0.505. The minimum absolute atomic E-state index is 0.0209. The number of esters is 1. The van der Waals surface area contributed by atoms with Crippen molar-refractivity contribution in [2.24, 2.45) is 0 Å². The van der Waals surface area contributed by atoms with Gasteiger partial charge in [-0.1, -0.05) is 56.3 Å². The molecule has 1 amide bonds. The lowest BCUT2D eigenvalue weighted by atomic mass is 9.94. The number of benzene rings is 3. The summed E-state index contributed by atoms with van der Waals surface area (Å²) in [5, 5.41) is 23.4. The molecule has 3 aromatic carbocycles. The van der Waals surface area contributed by atoms with Gasteiger partial charge < -0.3 is 24.8 Å². The fraction of sp³-hybridized carbons (Fsp3) is 0.273. The van der Waals surface area contributed by atoms with Crippen LogP contribution in [0.3, 0.4) is 0 Å². The van der Waals surface area contributed by atoms with Crippen molar-refractivity contribution in [2.45, 2.75) is 57.8 Å². The van der Waals surface area contributed by atoms with Crippen molar-refractivity contribution < 1.29 is 28.9 Å². The number of aliphatic hydroxyl groups is 1. The van der Waals surface area contributed by atoms with Crippen LogP contribution in [-0.4, -0.2) is 38.9 Å². The van der Waals surface area contributed by atoms with E-state index in [1.165, 1.54) is 18.2 Å². The molecule has 41 heavy (non-hydrogen) atoms. The van der Waals surface area contributed by atoms with Gasteiger partial charge in [-0.05, 0) is 53.4 Å². The zero-order valence-electron chi connectivity index (χ0n) is 23.0. The molecule has 2 heterocycles. The molecule has 8 heteroatoms. The first-order chi connectivity index (χ1) is 19.7. The largest absolute Gasteiger partial charge is 0.506 e. The zero-order valence-corrected chi connectivity index (χ0v) is 23.0. The molecule has 3 N–H and O–H groups in total. The van der Waals surface area contributed by atoms with E-state index in [0.717, 1.165) is 22.5 Å². The molecular formula is C33H33FN2O5. The average molecular weight is 557 g/mol. The normalized spacial score (nSPS) is 17.0. The number of aromatic hydroxyl groups is 1. The third-order valence-electron chi connectivity index (χ3n) is 7.32. The van der Waals surface area contributed by atoms with Gasteiger partial charge in [-0.15, -0.1) is 0 Å². The monoisotopic (exact) mass is 556 g/mol. The number of phenolic OH excluding ortho intramolecular Hbond substituents is 1. The summed E-state index contributed by atoms with van der Waals surface area (Å²) in [5.41, 5.74) is 4.39. The lowest BCUT2D eigenvalue weighted by molar-refractivity contribution is -0.160. The minimum atomic E-state index is -0.758. The van der Waals surface area contributed by atoms with Gasteiger partial charge in [0.2, 0.25) is 0 Å². The molecule has 212 valence electrons. The van der Waals surface area contributed by atoms with Crippen molar-refractivity contribution in [3.63, 3.8) is 0 Å². The molecule has 2 atom stereocenters. The van der Waals surface area contributed by atoms with Crippen LogP contribution < -0.4 is 5.32 Å². The van der Waals surface area contributed by atoms with Gasteiger partial charge in [0.1, 0.15) is 17.7 Å². The Kier molecular flexibility index (Phi) is 8.21. The van der Waals surface area contributed by atoms with Crippen LogP contribution in [0.2, 0.25) is 0 Å². The summed E-state index contributed by atoms with van der Waals surface area (Å²) in [6, 6.07) is 22.2. The van der Waals surface area contributed by atoms with Crippen LogP contribution in [0.5, 0.6) is 5.75 Å². The number of carbonyl (C=O) groups is 2. The molecule has 0 unspecified atom stereocenters. The van der Waals surface area contributed by atoms with Gasteiger partial charge in [0.25, 0.3) is 5.91 Å². The summed E-state index contributed by atoms with van der Waals surface area (Å²) >= 11 is 0. The van der Waals surface area contributed by atoms with Gasteiger partial charge in [0.05, 0.1) is 29.5 Å². The SMILES string of the molecule is CC(C)c1c(C(=O)Nc2ccccc2O)c(-c2ccccc2)c(-c2ccc(F)cc2)n1CC[C@@H]1C[C@@H](O)CC(=O)O1. The predicted octanol–water partition coefficient (Wildman–Crippen LogP) is 6.50. The Morgan fingerprint density at radius 2 is 1.71 bits per heavy atom. The molecular weight excluding hydrogens is 523 g/mol. The third-order valence-corrected chi connectivity index (χ3v) is 7.32. The van der Waals surface area contributed by atoms with E-state index in [1.807, 2.05) is 44.2 Å². The quantitative estimate of drug-likeness (QED) is 0.170. The Morgan fingerprint density at radius 3 is 2.37 bits per heavy atom. The standard InChI is InChI=1S/C33H33FN2O5/c1-20(2)31-30(33(40)35-26-10-6-7-11-27(26)38)29(21-8-4-3-5-9-21)32(22-12-14-23(34)15-13-22)36(31)17-16-25-18-24(37)19-28(39)41-25/h3-15,20,24-25,37-38H,16-19H2,1-2H3,(H,35,40)/t24-,25-/m1/s1. The van der Waals surface area contributed by atoms with Crippen LogP contribution in [0, 0.1) is 5.82 Å². The molecule has 1 aromatic heterocycles. The molecule has 0 saturated carbocycles. The lowest BCUT2D eigenvalue weighted by Crippen LogP contribution is -2.33. The summed E-state index contributed by atoms with van der Waals surface area (Å²) in [5.74, 6) is -1.37. The molecule has 0 spiro atoms. The maximum Gasteiger partial charge on any atom is 0.308 e. The molecule has 1 saturated heterocycles. The smallest absolute Gasteiger partial charge is 0.308 e. The Labute approximate surface area is 238 Å². The lowest BCUT2D eigenvalue weighted by Gasteiger charge is -2.27. The molecule has 0 radical (unpaired) electrons. The predicted molar refractivity (Wildman–Crippen MR) is 155 cm³/mol. The number of carbonyl (C=O) groups excluding carboxylic acids is 2. The van der Waals surface area contributed by atoms with Crippen molar-refractivity contribution in [3.8, 4) is 28.1 Å². The maximum atomic E-state index is 14.1. The summed E-state index contributed by atoms with van der Waals surface area (Å²) in [6.45, 7) is 4.38. The molecule has 0 aliphatic carbocycles. The number of amides is 1. The fourth-order valence-electron chi connectivity index (χ4n) is 5.57. The number of cyclic esters (lactones) is 1. The number of ether oxygens (including phenoxy) is 1. The molecule has 0 bridgehead atoms. The highest BCUT2D eigenvalue weighted by atomic mass is 19.1. The van der Waals surface area contributed by atoms with Gasteiger partial charge in [0.15, 0.2) is 0 Å². The van der Waals surface area contributed by atoms with E-state index in [0.29, 0.717) is 30.5 Å². The first-order valence-corrected chi connectivity index (χ1v) is 13.8. The summed E-state index contributed by atoms with van der Waals surface area (Å²) in [7, 11) is 0. The number of aliphatic hydroxyl groups excluding tert-OH is 1. The average Bonchev–Trinajstić information content (AvgIpc) is 3.29. The first kappa shape index (κ1) is 28.1. The van der Waals surface area contributed by atoms with E-state index < -0.39 is 24.1 Å². The van der Waals surface area contributed by atoms with E-state index >= 15 is 0 Å². The van der Waals surface area contributed by atoms with Crippen LogP contribution in [0.15, 0.2) is 78.9 Å². The number of rotatable bonds is 8. The number of hydrogen-bond acceptors (Lipinski definition) is 5. The number of aromatic nitrogens is 1. The highest BCUT2D eigenvalue weighted by molar-refractivity contribution is 6.13. The van der Waals surface area contributed by atoms with Gasteiger partial charge in [-0.25, -0.2) is 4.39 Å². The maximum absolute atomic E-state index is 14.1. The fourth-order valence-corrected chi connectivity index (χ4v) is 5.57. The molecule has 1 aliphatic heterocycles. The number of halogens is 1. The number of para-hydroxylation sites is 2. The Morgan fingerprint density at radius 1 is 1.02 bits per heavy atom. The topological polar surface area (TPSA) is 101 Å². The van der Waals surface area contributed by atoms with Gasteiger partial charge >= 0.3 is 5.97 Å². The summed E-state index contributed by atoms with van der Waals surface area (Å²) < 4.78 is 21.6. The van der Waals surface area contributed by atoms with Crippen molar-refractivity contribution in [3.05, 3.63) is 95.9 Å². The van der Waals surface area contributed by atoms with Crippen molar-refractivity contribution in [1.29, 1.82) is 0 Å². The second-order valence-electron chi connectivity index (χ2n) is 10.6. The van der Waals surface area contributed by atoms with E-state index in [2.05, 4.69) is 9.88 Å². The van der Waals surface area contributed by atoms with Gasteiger partial charge in [-0.3, -0.25) is 9.59 Å². The zero-order chi connectivity index (χ0) is 29.1. The van der Waals surface area contributed by atoms with Crippen molar-refractivity contribution >= 4 is 17.6 Å². The van der Waals surface area contributed by atoms with Crippen LogP contribution in [0.1, 0.15) is 55.1 Å². The molecule has 5 rings (SSSR count). The Bertz CT molecular complexity index is 1550. The molecule has 4 aromatic rings. The molecule has 1 fully saturated rings. The molecule has 1 aliphatic rings. The number of phenols is 1. The number of nitrogens with one attached hydrogen (secondary N) is 1. The van der Waals surface area contributed by atoms with E-state index in [1.54, 1.807) is 30.3 Å². The Hall–Kier alpha value is -4.43. The number of hydrogen-bond donors (Lipinski definition) is 3. The van der Waals surface area contributed by atoms with E-state index in [4.69, 9.17) is 4.74 Å². The van der Waals surface area contributed by atoms with Crippen LogP contribution in [0.4, 0.5) is 10.1 Å². The van der Waals surface area contributed by atoms with E-state index in [-0.39, 0.29) is 29.6 Å². The first-order valence-electron chi connectivity index (χ1n) is 13.8. The van der Waals surface area contributed by atoms with Crippen molar-refractivity contribution in [2.75, 3.05) is 5.32 Å². The summed E-state index contributed by atoms with van der Waals surface area (Å²) in [4.78, 5) is 26.2. The second kappa shape index (κ2) is 12.0.